The molecule has 78 heavy (non-hydrogen) atoms. The molecule has 9 rings (SSSR count). The van der Waals surface area contributed by atoms with Crippen molar-refractivity contribution in [1.29, 1.82) is 0 Å². The van der Waals surface area contributed by atoms with E-state index in [1.165, 1.54) is 6.33 Å². The highest BCUT2D eigenvalue weighted by Crippen LogP contribution is 2.72. The van der Waals surface area contributed by atoms with Gasteiger partial charge in [0.15, 0.2) is 34.7 Å². The lowest BCUT2D eigenvalue weighted by atomic mass is 9.93. The van der Waals surface area contributed by atoms with Crippen molar-refractivity contribution in [2.24, 2.45) is 17.8 Å². The van der Waals surface area contributed by atoms with Gasteiger partial charge in [0, 0.05) is 42.7 Å². The van der Waals surface area contributed by atoms with Gasteiger partial charge in [-0.15, -0.1) is 0 Å². The predicted octanol–water partition coefficient (Wildman–Crippen LogP) is 6.71. The van der Waals surface area contributed by atoms with Gasteiger partial charge >= 0.3 is 43.2 Å². The highest BCUT2D eigenvalue weighted by atomic mass is 32.2. The second kappa shape index (κ2) is 24.4. The van der Waals surface area contributed by atoms with Crippen molar-refractivity contribution >= 4 is 71.8 Å². The molecule has 3 saturated heterocycles. The van der Waals surface area contributed by atoms with E-state index in [9.17, 15) is 60.6 Å². The van der Waals surface area contributed by atoms with Gasteiger partial charge < -0.3 is 43.8 Å². The maximum atomic E-state index is 13.3. The molecule has 0 spiro atoms. The maximum Gasteiger partial charge on any atom is 0.490 e. The number of ether oxygens (including phenoxy) is 4. The van der Waals surface area contributed by atoms with Crippen LogP contribution in [-0.2, 0) is 72.0 Å². The van der Waals surface area contributed by atoms with Gasteiger partial charge in [-0.05, 0) is 48.5 Å². The van der Waals surface area contributed by atoms with E-state index >= 15 is 0 Å². The van der Waals surface area contributed by atoms with E-state index in [0.717, 1.165) is 39.7 Å². The third-order valence-electron chi connectivity index (χ3n) is 12.9. The van der Waals surface area contributed by atoms with E-state index in [1.54, 1.807) is 46.7 Å². The summed E-state index contributed by atoms with van der Waals surface area (Å²) in [5.41, 5.74) is 0.742. The standard InChI is InChI=1S/C43H52F3N7O19P4S2/c1-77-17-14-47-37-34-38(51-41(50-37)78-16-13-43(44,45)46)53(24-48-34)39-29-20-27(18-25-8-4-2-5-9-25)19-28(29)30(66-39)22-64-73(56,57)70-75(60,61)72-76(62,63)71-74(58,59)65-23-31-35-36(40(67-31)52-15-12-32(54)49-42(52)55)69-33(68-35)21-26-10-6-3-7-11-26/h2-12,15,24,27-31,33,35-36,39-40H,13-14,16-23H2,1H3,(H,56,57)(H,58,59)(H,60,61)(H,62,63)(H,47,50,51)(H,49,54,55)/t27?,28-,29+,30+,31+,33?,35+,36+,39+,40+/m0/s1. The van der Waals surface area contributed by atoms with Crippen LogP contribution >= 0.6 is 54.8 Å². The van der Waals surface area contributed by atoms with Crippen molar-refractivity contribution in [2.75, 3.05) is 42.8 Å². The molecule has 6 heterocycles. The number of phosphoric acid groups is 4. The number of fused-ring (bicyclic) bond motifs is 3. The fraction of sp³-hybridized carbons (Fsp3) is 0.512. The molecule has 3 aromatic heterocycles. The molecule has 0 amide bonds. The maximum absolute atomic E-state index is 13.3. The minimum atomic E-state index is -6.24. The van der Waals surface area contributed by atoms with Crippen LogP contribution in [0.2, 0.25) is 0 Å². The predicted molar refractivity (Wildman–Crippen MR) is 271 cm³/mol. The van der Waals surface area contributed by atoms with Gasteiger partial charge in [0.2, 0.25) is 0 Å². The van der Waals surface area contributed by atoms with E-state index in [2.05, 4.69) is 38.2 Å². The van der Waals surface area contributed by atoms with Crippen LogP contribution in [0.4, 0.5) is 19.0 Å². The highest BCUT2D eigenvalue weighted by Gasteiger charge is 2.56. The molecule has 35 heteroatoms. The summed E-state index contributed by atoms with van der Waals surface area (Å²) < 4.78 is 141. The van der Waals surface area contributed by atoms with Gasteiger partial charge in [-0.3, -0.25) is 28.0 Å². The Hall–Kier alpha value is -3.64. The van der Waals surface area contributed by atoms with Crippen molar-refractivity contribution in [3.63, 3.8) is 0 Å². The Labute approximate surface area is 449 Å². The number of aromatic nitrogens is 6. The third-order valence-corrected chi connectivity index (χ3v) is 20.2. The Morgan fingerprint density at radius 1 is 0.744 bits per heavy atom. The molecule has 0 bridgehead atoms. The zero-order valence-corrected chi connectivity index (χ0v) is 45.9. The van der Waals surface area contributed by atoms with Gasteiger partial charge in [0.25, 0.3) is 5.56 Å². The average molecular weight is 1220 g/mol. The van der Waals surface area contributed by atoms with E-state index in [-0.39, 0.29) is 40.6 Å². The topological polar surface area (TPSA) is 343 Å². The van der Waals surface area contributed by atoms with Crippen LogP contribution in [0.15, 0.2) is 94.0 Å². The first kappa shape index (κ1) is 59.0. The van der Waals surface area contributed by atoms with Crippen molar-refractivity contribution in [1.82, 2.24) is 29.1 Å². The lowest BCUT2D eigenvalue weighted by Gasteiger charge is -2.23. The second-order valence-corrected chi connectivity index (χ2v) is 26.6. The lowest BCUT2D eigenvalue weighted by molar-refractivity contribution is -0.150. The molecule has 26 nitrogen and oxygen atoms in total. The number of nitrogens with zero attached hydrogens (tertiary/aromatic N) is 5. The molecule has 3 aliphatic heterocycles. The van der Waals surface area contributed by atoms with Crippen molar-refractivity contribution in [2.45, 2.75) is 86.6 Å². The van der Waals surface area contributed by atoms with E-state index in [4.69, 9.17) is 28.0 Å². The van der Waals surface area contributed by atoms with Crippen LogP contribution < -0.4 is 16.6 Å². The van der Waals surface area contributed by atoms with Gasteiger partial charge in [-0.25, -0.2) is 38.0 Å². The number of thioether (sulfide) groups is 2. The van der Waals surface area contributed by atoms with Crippen LogP contribution in [0.3, 0.4) is 0 Å². The minimum absolute atomic E-state index is 0.0431. The number of hydrogen-bond acceptors (Lipinski definition) is 21. The quantitative estimate of drug-likeness (QED) is 0.0153. The molecule has 0 radical (unpaired) electrons. The number of phosphoric ester groups is 2. The zero-order chi connectivity index (χ0) is 55.6. The molecule has 14 atom stereocenters. The minimum Gasteiger partial charge on any atom is -0.367 e. The van der Waals surface area contributed by atoms with Gasteiger partial charge in [0.1, 0.15) is 24.5 Å². The monoisotopic (exact) mass is 1220 g/mol. The highest BCUT2D eigenvalue weighted by molar-refractivity contribution is 7.99. The fourth-order valence-electron chi connectivity index (χ4n) is 9.79. The van der Waals surface area contributed by atoms with Crippen LogP contribution in [0.5, 0.6) is 0 Å². The Morgan fingerprint density at radius 2 is 1.35 bits per heavy atom. The average Bonchev–Trinajstić information content (AvgIpc) is 4.38. The van der Waals surface area contributed by atoms with Crippen LogP contribution in [0.25, 0.3) is 11.2 Å². The SMILES string of the molecule is CSCCNc1nc(SCCC(F)(F)F)nc2c1ncn2[C@@H]1O[C@H](COP(=O)(O)OP(=O)(O)OP(=O)(O)OP(=O)(O)OC[C@H]2O[C@@H](n3ccc(=O)[nH]c3=O)[C@@H]3OC(Cc4ccccc4)O[C@@H]32)[C@H]2CC(Cc3ccccc3)C[C@H]21. The molecule has 4 fully saturated rings. The molecule has 6 N–H and O–H groups in total. The molecule has 2 aromatic carbocycles. The second-order valence-electron chi connectivity index (χ2n) is 18.3. The summed E-state index contributed by atoms with van der Waals surface area (Å²) in [6.45, 7) is -1.30. The first-order valence-corrected chi connectivity index (χ1v) is 32.2. The summed E-state index contributed by atoms with van der Waals surface area (Å²) in [5.74, 6) is -0.115. The summed E-state index contributed by atoms with van der Waals surface area (Å²) in [5, 5.41) is 3.22. The number of imidazole rings is 1. The Kier molecular flexibility index (Phi) is 18.5. The van der Waals surface area contributed by atoms with Crippen molar-refractivity contribution in [3.8, 4) is 0 Å². The number of hydrogen-bond donors (Lipinski definition) is 6. The van der Waals surface area contributed by atoms with E-state index in [1.807, 2.05) is 36.6 Å². The molecule has 5 aromatic rings. The summed E-state index contributed by atoms with van der Waals surface area (Å²) in [6.07, 6.45) is -6.84. The fourth-order valence-corrected chi connectivity index (χ4v) is 15.9. The third kappa shape index (κ3) is 15.1. The largest absolute Gasteiger partial charge is 0.490 e. The molecule has 4 aliphatic rings. The first-order chi connectivity index (χ1) is 36.9. The van der Waals surface area contributed by atoms with Crippen LogP contribution in [0.1, 0.15) is 42.8 Å². The Balaban J connectivity index is 0.852. The van der Waals surface area contributed by atoms with E-state index < -0.39 is 117 Å². The number of halogens is 3. The normalized spacial score (nSPS) is 28.2. The summed E-state index contributed by atoms with van der Waals surface area (Å²) in [4.78, 5) is 82.2. The lowest BCUT2D eigenvalue weighted by Crippen LogP contribution is -2.36. The number of anilines is 1. The van der Waals surface area contributed by atoms with Crippen LogP contribution in [-0.4, -0.2) is 123 Å². The number of rotatable bonds is 25. The molecule has 1 saturated carbocycles. The number of H-pyrrole nitrogens is 1. The van der Waals surface area contributed by atoms with E-state index in [0.29, 0.717) is 37.1 Å². The summed E-state index contributed by atoms with van der Waals surface area (Å²) in [7, 11) is -24.1. The van der Waals surface area contributed by atoms with Crippen LogP contribution in [0, 0.1) is 17.8 Å². The van der Waals surface area contributed by atoms with Gasteiger partial charge in [-0.1, -0.05) is 72.4 Å². The number of alkyl halides is 3. The van der Waals surface area contributed by atoms with Crippen molar-refractivity contribution < 1.29 is 91.9 Å². The van der Waals surface area contributed by atoms with Gasteiger partial charge in [-0.2, -0.15) is 37.9 Å². The molecule has 426 valence electrons. The molecule has 6 unspecified atom stereocenters. The summed E-state index contributed by atoms with van der Waals surface area (Å²) in [6, 6.07) is 19.6. The number of benzene rings is 2. The summed E-state index contributed by atoms with van der Waals surface area (Å²) >= 11 is 2.36. The Bertz CT molecular complexity index is 3230. The molecular weight excluding hydrogens is 1160 g/mol. The first-order valence-electron chi connectivity index (χ1n) is 23.8. The number of nitrogens with one attached hydrogen (secondary N) is 2. The molecule has 1 aliphatic carbocycles. The Morgan fingerprint density at radius 3 is 1.99 bits per heavy atom. The number of aromatic amines is 1. The molecular formula is C43H52F3N7O19P4S2. The zero-order valence-electron chi connectivity index (χ0n) is 40.7. The van der Waals surface area contributed by atoms with Gasteiger partial charge in [0.05, 0.1) is 32.1 Å². The smallest absolute Gasteiger partial charge is 0.367 e. The van der Waals surface area contributed by atoms with Crippen molar-refractivity contribution in [3.05, 3.63) is 111 Å².